The number of rotatable bonds is 5. The lowest BCUT2D eigenvalue weighted by Crippen LogP contribution is -2.44. The van der Waals surface area contributed by atoms with Gasteiger partial charge in [-0.3, -0.25) is 4.79 Å². The predicted octanol–water partition coefficient (Wildman–Crippen LogP) is 4.01. The SMILES string of the molecule is COc1c(Br)cccc1[C@@H](C)NC(=O)c1cc(N2CCN(C)CC2)ccc1C. The van der Waals surface area contributed by atoms with Crippen LogP contribution in [0.3, 0.4) is 0 Å². The molecule has 28 heavy (non-hydrogen) atoms. The number of amides is 1. The maximum absolute atomic E-state index is 13.0. The summed E-state index contributed by atoms with van der Waals surface area (Å²) in [5.74, 6) is 0.682. The first kappa shape index (κ1) is 20.7. The number of ether oxygens (including phenoxy) is 1. The molecule has 2 aromatic carbocycles. The van der Waals surface area contributed by atoms with E-state index in [-0.39, 0.29) is 11.9 Å². The van der Waals surface area contributed by atoms with Crippen molar-refractivity contribution < 1.29 is 9.53 Å². The highest BCUT2D eigenvalue weighted by Crippen LogP contribution is 2.33. The van der Waals surface area contributed by atoms with Gasteiger partial charge in [-0.1, -0.05) is 18.2 Å². The number of piperazine rings is 1. The number of carbonyl (C=O) groups is 1. The van der Waals surface area contributed by atoms with E-state index in [1.165, 1.54) is 0 Å². The van der Waals surface area contributed by atoms with Crippen molar-refractivity contribution in [3.05, 3.63) is 57.6 Å². The van der Waals surface area contributed by atoms with Crippen LogP contribution in [0.1, 0.15) is 34.5 Å². The molecule has 0 bridgehead atoms. The van der Waals surface area contributed by atoms with Gasteiger partial charge in [0.05, 0.1) is 17.6 Å². The van der Waals surface area contributed by atoms with Gasteiger partial charge < -0.3 is 19.9 Å². The third kappa shape index (κ3) is 4.50. The summed E-state index contributed by atoms with van der Waals surface area (Å²) in [6.45, 7) is 7.98. The van der Waals surface area contributed by atoms with Crippen molar-refractivity contribution in [1.82, 2.24) is 10.2 Å². The summed E-state index contributed by atoms with van der Waals surface area (Å²) < 4.78 is 6.38. The number of hydrogen-bond acceptors (Lipinski definition) is 4. The smallest absolute Gasteiger partial charge is 0.252 e. The number of hydrogen-bond donors (Lipinski definition) is 1. The molecule has 1 amide bonds. The minimum absolute atomic E-state index is 0.0667. The molecular formula is C22H28BrN3O2. The quantitative estimate of drug-likeness (QED) is 0.754. The molecule has 0 aliphatic carbocycles. The summed E-state index contributed by atoms with van der Waals surface area (Å²) in [7, 11) is 3.78. The van der Waals surface area contributed by atoms with Crippen molar-refractivity contribution in [2.24, 2.45) is 0 Å². The lowest BCUT2D eigenvalue weighted by molar-refractivity contribution is 0.0939. The Kier molecular flexibility index (Phi) is 6.62. The Bertz CT molecular complexity index is 848. The van der Waals surface area contributed by atoms with Crippen LogP contribution in [-0.4, -0.2) is 51.1 Å². The number of anilines is 1. The second kappa shape index (κ2) is 8.97. The molecule has 1 heterocycles. The van der Waals surface area contributed by atoms with Gasteiger partial charge in [-0.2, -0.15) is 0 Å². The fourth-order valence-electron chi connectivity index (χ4n) is 3.55. The summed E-state index contributed by atoms with van der Waals surface area (Å²) in [6.07, 6.45) is 0. The van der Waals surface area contributed by atoms with E-state index < -0.39 is 0 Å². The zero-order valence-corrected chi connectivity index (χ0v) is 18.5. The van der Waals surface area contributed by atoms with Crippen LogP contribution in [0.25, 0.3) is 0 Å². The summed E-state index contributed by atoms with van der Waals surface area (Å²) in [5, 5.41) is 3.13. The monoisotopic (exact) mass is 445 g/mol. The van der Waals surface area contributed by atoms with Gasteiger partial charge in [0.2, 0.25) is 0 Å². The van der Waals surface area contributed by atoms with E-state index in [9.17, 15) is 4.79 Å². The minimum atomic E-state index is -0.174. The van der Waals surface area contributed by atoms with Gasteiger partial charge >= 0.3 is 0 Å². The van der Waals surface area contributed by atoms with E-state index in [1.807, 2.05) is 44.2 Å². The molecule has 1 N–H and O–H groups in total. The maximum atomic E-state index is 13.0. The highest BCUT2D eigenvalue weighted by Gasteiger charge is 2.20. The number of halogens is 1. The lowest BCUT2D eigenvalue weighted by atomic mass is 10.0. The van der Waals surface area contributed by atoms with Gasteiger partial charge in [0.1, 0.15) is 5.75 Å². The van der Waals surface area contributed by atoms with Crippen molar-refractivity contribution in [2.45, 2.75) is 19.9 Å². The van der Waals surface area contributed by atoms with E-state index in [2.05, 4.69) is 44.2 Å². The van der Waals surface area contributed by atoms with Crippen LogP contribution >= 0.6 is 15.9 Å². The van der Waals surface area contributed by atoms with Gasteiger partial charge in [0.25, 0.3) is 5.91 Å². The Morgan fingerprint density at radius 1 is 1.18 bits per heavy atom. The second-order valence-electron chi connectivity index (χ2n) is 7.35. The number of benzene rings is 2. The molecule has 3 rings (SSSR count). The normalized spacial score (nSPS) is 16.0. The van der Waals surface area contributed by atoms with Crippen LogP contribution in [0.5, 0.6) is 5.75 Å². The Morgan fingerprint density at radius 3 is 2.57 bits per heavy atom. The average Bonchev–Trinajstić information content (AvgIpc) is 2.68. The number of carbonyl (C=O) groups excluding carboxylic acids is 1. The Hall–Kier alpha value is -2.05. The Morgan fingerprint density at radius 2 is 1.89 bits per heavy atom. The molecule has 1 saturated heterocycles. The second-order valence-corrected chi connectivity index (χ2v) is 8.20. The molecule has 0 radical (unpaired) electrons. The average molecular weight is 446 g/mol. The first-order valence-electron chi connectivity index (χ1n) is 9.58. The summed E-state index contributed by atoms with van der Waals surface area (Å²) in [4.78, 5) is 17.7. The van der Waals surface area contributed by atoms with Crippen LogP contribution < -0.4 is 15.0 Å². The highest BCUT2D eigenvalue weighted by molar-refractivity contribution is 9.10. The van der Waals surface area contributed by atoms with Crippen molar-refractivity contribution >= 4 is 27.5 Å². The third-order valence-electron chi connectivity index (χ3n) is 5.35. The Labute approximate surface area is 175 Å². The summed E-state index contributed by atoms with van der Waals surface area (Å²) in [6, 6.07) is 11.8. The van der Waals surface area contributed by atoms with Crippen LogP contribution in [-0.2, 0) is 0 Å². The van der Waals surface area contributed by atoms with Gasteiger partial charge in [-0.25, -0.2) is 0 Å². The van der Waals surface area contributed by atoms with Crippen LogP contribution in [0.2, 0.25) is 0 Å². The molecule has 2 aromatic rings. The van der Waals surface area contributed by atoms with Crippen molar-refractivity contribution in [3.8, 4) is 5.75 Å². The Balaban J connectivity index is 1.79. The van der Waals surface area contributed by atoms with Crippen LogP contribution in [0, 0.1) is 6.92 Å². The summed E-state index contributed by atoms with van der Waals surface area (Å²) in [5.41, 5.74) is 3.75. The number of methoxy groups -OCH3 is 1. The highest BCUT2D eigenvalue weighted by atomic mass is 79.9. The van der Waals surface area contributed by atoms with Crippen LogP contribution in [0.15, 0.2) is 40.9 Å². The van der Waals surface area contributed by atoms with Gasteiger partial charge in [0.15, 0.2) is 0 Å². The first-order valence-corrected chi connectivity index (χ1v) is 10.4. The summed E-state index contributed by atoms with van der Waals surface area (Å²) >= 11 is 3.51. The van der Waals surface area contributed by atoms with E-state index in [0.29, 0.717) is 0 Å². The zero-order chi connectivity index (χ0) is 20.3. The van der Waals surface area contributed by atoms with Crippen molar-refractivity contribution in [1.29, 1.82) is 0 Å². The van der Waals surface area contributed by atoms with Gasteiger partial charge in [-0.15, -0.1) is 0 Å². The van der Waals surface area contributed by atoms with Crippen molar-refractivity contribution in [3.63, 3.8) is 0 Å². The molecule has 0 spiro atoms. The predicted molar refractivity (Wildman–Crippen MR) is 117 cm³/mol. The molecule has 6 heteroatoms. The molecule has 1 fully saturated rings. The van der Waals surface area contributed by atoms with Gasteiger partial charge in [-0.05, 0) is 60.6 Å². The number of aryl methyl sites for hydroxylation is 1. The molecule has 1 aliphatic heterocycles. The topological polar surface area (TPSA) is 44.8 Å². The standard InChI is InChI=1S/C22H28BrN3O2/c1-15-8-9-17(26-12-10-25(3)11-13-26)14-19(15)22(27)24-16(2)18-6-5-7-20(23)21(18)28-4/h5-9,14,16H,10-13H2,1-4H3,(H,24,27)/t16-/m1/s1. The van der Waals surface area contributed by atoms with Crippen LogP contribution in [0.4, 0.5) is 5.69 Å². The van der Waals surface area contributed by atoms with E-state index in [1.54, 1.807) is 7.11 Å². The van der Waals surface area contributed by atoms with Crippen molar-refractivity contribution in [2.75, 3.05) is 45.2 Å². The first-order chi connectivity index (χ1) is 13.4. The molecule has 150 valence electrons. The molecule has 5 nitrogen and oxygen atoms in total. The largest absolute Gasteiger partial charge is 0.495 e. The fourth-order valence-corrected chi connectivity index (χ4v) is 4.09. The number of likely N-dealkylation sites (N-methyl/N-ethyl adjacent to an activating group) is 1. The van der Waals surface area contributed by atoms with E-state index in [4.69, 9.17) is 4.74 Å². The molecule has 0 unspecified atom stereocenters. The number of nitrogens with one attached hydrogen (secondary N) is 1. The molecule has 1 aliphatic rings. The van der Waals surface area contributed by atoms with E-state index >= 15 is 0 Å². The maximum Gasteiger partial charge on any atom is 0.252 e. The lowest BCUT2D eigenvalue weighted by Gasteiger charge is -2.34. The molecule has 0 saturated carbocycles. The number of nitrogens with zero attached hydrogens (tertiary/aromatic N) is 2. The number of para-hydroxylation sites is 1. The van der Waals surface area contributed by atoms with E-state index in [0.717, 1.165) is 58.8 Å². The third-order valence-corrected chi connectivity index (χ3v) is 5.97. The zero-order valence-electron chi connectivity index (χ0n) is 17.0. The molecule has 1 atom stereocenters. The fraction of sp³-hybridized carbons (Fsp3) is 0.409. The minimum Gasteiger partial charge on any atom is -0.495 e. The molecule has 0 aromatic heterocycles. The molecular weight excluding hydrogens is 418 g/mol. The van der Waals surface area contributed by atoms with Gasteiger partial charge in [0, 0.05) is 43.0 Å².